The number of hydrogen-bond donors (Lipinski definition) is 2. The molecule has 0 radical (unpaired) electrons. The molecule has 0 unspecified atom stereocenters. The molecule has 0 saturated carbocycles. The number of methoxy groups -OCH3 is 3. The van der Waals surface area contributed by atoms with E-state index in [1.54, 1.807) is 21.3 Å². The van der Waals surface area contributed by atoms with E-state index in [-0.39, 0.29) is 18.3 Å². The molecule has 0 bridgehead atoms. The number of halogens is 1. The number of hydrogen-bond acceptors (Lipinski definition) is 5. The third-order valence-corrected chi connectivity index (χ3v) is 4.69. The van der Waals surface area contributed by atoms with Crippen molar-refractivity contribution in [3.63, 3.8) is 0 Å². The molecule has 25 heavy (non-hydrogen) atoms. The van der Waals surface area contributed by atoms with Gasteiger partial charge in [0.1, 0.15) is 0 Å². The molecule has 1 amide bonds. The zero-order valence-electron chi connectivity index (χ0n) is 15.8. The number of amides is 1. The minimum atomic E-state index is -0.484. The van der Waals surface area contributed by atoms with Crippen LogP contribution in [0.1, 0.15) is 32.3 Å². The van der Waals surface area contributed by atoms with Gasteiger partial charge in [-0.25, -0.2) is 0 Å². The van der Waals surface area contributed by atoms with Crippen LogP contribution in [0.25, 0.3) is 0 Å². The van der Waals surface area contributed by atoms with Crippen LogP contribution < -0.4 is 25.3 Å². The van der Waals surface area contributed by atoms with Crippen molar-refractivity contribution in [2.75, 3.05) is 34.4 Å². The molecule has 1 rings (SSSR count). The summed E-state index contributed by atoms with van der Waals surface area (Å²) in [5.41, 5.74) is 6.28. The summed E-state index contributed by atoms with van der Waals surface area (Å²) in [6.07, 6.45) is 2.08. The van der Waals surface area contributed by atoms with E-state index in [2.05, 4.69) is 5.32 Å². The van der Waals surface area contributed by atoms with Gasteiger partial charge >= 0.3 is 0 Å². The first kappa shape index (κ1) is 23.3. The topological polar surface area (TPSA) is 82.8 Å². The van der Waals surface area contributed by atoms with Crippen LogP contribution in [-0.4, -0.2) is 40.3 Å². The maximum atomic E-state index is 12.5. The first-order valence-corrected chi connectivity index (χ1v) is 8.29. The van der Waals surface area contributed by atoms with Crippen LogP contribution in [0, 0.1) is 5.41 Å². The van der Waals surface area contributed by atoms with E-state index in [0.717, 1.165) is 18.4 Å². The molecular formula is C18H31ClN2O4. The number of nitrogens with one attached hydrogen (secondary N) is 1. The normalized spacial score (nSPS) is 10.6. The standard InChI is InChI=1S/C18H30N2O4.ClH/c1-6-18(7-2,12-19)17(21)20-11-10-13-8-9-14(22-3)16(24-5)15(13)23-4;/h8-9H,6-7,10-12,19H2,1-5H3,(H,20,21);1H. The van der Waals surface area contributed by atoms with Crippen LogP contribution in [0.3, 0.4) is 0 Å². The number of benzene rings is 1. The fourth-order valence-corrected chi connectivity index (χ4v) is 2.81. The summed E-state index contributed by atoms with van der Waals surface area (Å²) in [5.74, 6) is 1.81. The Morgan fingerprint density at radius 1 is 1.08 bits per heavy atom. The van der Waals surface area contributed by atoms with E-state index in [9.17, 15) is 4.79 Å². The fourth-order valence-electron chi connectivity index (χ4n) is 2.81. The monoisotopic (exact) mass is 374 g/mol. The largest absolute Gasteiger partial charge is 0.493 e. The van der Waals surface area contributed by atoms with Gasteiger partial charge in [-0.15, -0.1) is 12.4 Å². The summed E-state index contributed by atoms with van der Waals surface area (Å²) < 4.78 is 16.1. The number of rotatable bonds is 10. The molecule has 0 saturated heterocycles. The Balaban J connectivity index is 0.00000576. The van der Waals surface area contributed by atoms with Crippen molar-refractivity contribution >= 4 is 18.3 Å². The van der Waals surface area contributed by atoms with Crippen LogP contribution in [0.4, 0.5) is 0 Å². The van der Waals surface area contributed by atoms with E-state index in [1.165, 1.54) is 0 Å². The zero-order chi connectivity index (χ0) is 18.2. The minimum absolute atomic E-state index is 0. The van der Waals surface area contributed by atoms with Crippen LogP contribution in [-0.2, 0) is 11.2 Å². The van der Waals surface area contributed by atoms with Crippen LogP contribution in [0.15, 0.2) is 12.1 Å². The smallest absolute Gasteiger partial charge is 0.227 e. The molecule has 0 spiro atoms. The molecule has 0 fully saturated rings. The summed E-state index contributed by atoms with van der Waals surface area (Å²) in [7, 11) is 4.75. The SMILES string of the molecule is CCC(CC)(CN)C(=O)NCCc1ccc(OC)c(OC)c1OC.Cl. The number of carbonyl (C=O) groups is 1. The Kier molecular flexibility index (Phi) is 10.3. The lowest BCUT2D eigenvalue weighted by Crippen LogP contribution is -2.45. The average Bonchev–Trinajstić information content (AvgIpc) is 2.62. The van der Waals surface area contributed by atoms with Crippen LogP contribution in [0.5, 0.6) is 17.2 Å². The van der Waals surface area contributed by atoms with Gasteiger partial charge in [0.25, 0.3) is 0 Å². The molecule has 6 nitrogen and oxygen atoms in total. The number of ether oxygens (including phenoxy) is 3. The highest BCUT2D eigenvalue weighted by Crippen LogP contribution is 2.39. The second-order valence-corrected chi connectivity index (χ2v) is 5.69. The quantitative estimate of drug-likeness (QED) is 0.657. The highest BCUT2D eigenvalue weighted by atomic mass is 35.5. The maximum Gasteiger partial charge on any atom is 0.227 e. The summed E-state index contributed by atoms with van der Waals surface area (Å²) in [6, 6.07) is 3.75. The lowest BCUT2D eigenvalue weighted by atomic mass is 9.81. The highest BCUT2D eigenvalue weighted by molar-refractivity contribution is 5.85. The Labute approximate surface area is 156 Å². The van der Waals surface area contributed by atoms with Crippen molar-refractivity contribution in [2.24, 2.45) is 11.1 Å². The predicted octanol–water partition coefficient (Wildman–Crippen LogP) is 2.56. The van der Waals surface area contributed by atoms with Gasteiger partial charge in [0.2, 0.25) is 11.7 Å². The van der Waals surface area contributed by atoms with Crippen LogP contribution >= 0.6 is 12.4 Å². The summed E-state index contributed by atoms with van der Waals surface area (Å²) in [6.45, 7) is 4.85. The van der Waals surface area contributed by atoms with Gasteiger partial charge in [-0.05, 0) is 25.3 Å². The molecule has 0 atom stereocenters. The fraction of sp³-hybridized carbons (Fsp3) is 0.611. The first-order valence-electron chi connectivity index (χ1n) is 8.29. The van der Waals surface area contributed by atoms with Gasteiger partial charge in [-0.2, -0.15) is 0 Å². The Bertz CT molecular complexity index is 540. The molecule has 3 N–H and O–H groups in total. The Morgan fingerprint density at radius 2 is 1.68 bits per heavy atom. The van der Waals surface area contributed by atoms with E-state index in [4.69, 9.17) is 19.9 Å². The van der Waals surface area contributed by atoms with E-state index >= 15 is 0 Å². The van der Waals surface area contributed by atoms with Crippen LogP contribution in [0.2, 0.25) is 0 Å². The number of carbonyl (C=O) groups excluding carboxylic acids is 1. The second-order valence-electron chi connectivity index (χ2n) is 5.69. The molecule has 0 aliphatic heterocycles. The maximum absolute atomic E-state index is 12.5. The lowest BCUT2D eigenvalue weighted by Gasteiger charge is -2.28. The molecule has 0 aliphatic carbocycles. The Morgan fingerprint density at radius 3 is 2.12 bits per heavy atom. The molecule has 1 aromatic rings. The van der Waals surface area contributed by atoms with Crippen molar-refractivity contribution in [2.45, 2.75) is 33.1 Å². The minimum Gasteiger partial charge on any atom is -0.493 e. The van der Waals surface area contributed by atoms with Gasteiger partial charge in [0, 0.05) is 18.7 Å². The molecule has 0 aromatic heterocycles. The second kappa shape index (κ2) is 11.1. The van der Waals surface area contributed by atoms with Crippen molar-refractivity contribution in [3.05, 3.63) is 17.7 Å². The summed E-state index contributed by atoms with van der Waals surface area (Å²) >= 11 is 0. The van der Waals surface area contributed by atoms with E-state index in [0.29, 0.717) is 36.8 Å². The van der Waals surface area contributed by atoms with Crippen molar-refractivity contribution in [1.82, 2.24) is 5.32 Å². The third kappa shape index (κ3) is 5.16. The highest BCUT2D eigenvalue weighted by Gasteiger charge is 2.32. The molecule has 7 heteroatoms. The molecular weight excluding hydrogens is 344 g/mol. The lowest BCUT2D eigenvalue weighted by molar-refractivity contribution is -0.131. The molecule has 1 aromatic carbocycles. The number of nitrogens with two attached hydrogens (primary N) is 1. The summed E-state index contributed by atoms with van der Waals surface area (Å²) in [5, 5.41) is 3.00. The predicted molar refractivity (Wildman–Crippen MR) is 102 cm³/mol. The average molecular weight is 375 g/mol. The van der Waals surface area contributed by atoms with E-state index < -0.39 is 5.41 Å². The molecule has 0 aliphatic rings. The first-order chi connectivity index (χ1) is 11.5. The van der Waals surface area contributed by atoms with Gasteiger partial charge in [-0.1, -0.05) is 19.9 Å². The zero-order valence-corrected chi connectivity index (χ0v) is 16.6. The van der Waals surface area contributed by atoms with Gasteiger partial charge < -0.3 is 25.3 Å². The molecule has 0 heterocycles. The molecule has 144 valence electrons. The van der Waals surface area contributed by atoms with Crippen molar-refractivity contribution in [1.29, 1.82) is 0 Å². The third-order valence-electron chi connectivity index (χ3n) is 4.69. The summed E-state index contributed by atoms with van der Waals surface area (Å²) in [4.78, 5) is 12.5. The van der Waals surface area contributed by atoms with Gasteiger partial charge in [-0.3, -0.25) is 4.79 Å². The van der Waals surface area contributed by atoms with E-state index in [1.807, 2.05) is 26.0 Å². The van der Waals surface area contributed by atoms with Gasteiger partial charge in [0.15, 0.2) is 11.5 Å². The van der Waals surface area contributed by atoms with Gasteiger partial charge in [0.05, 0.1) is 26.7 Å². The Hall–Kier alpha value is -1.66. The van der Waals surface area contributed by atoms with Crippen molar-refractivity contribution < 1.29 is 19.0 Å². The van der Waals surface area contributed by atoms with Crippen molar-refractivity contribution in [3.8, 4) is 17.2 Å².